The first-order valence-electron chi connectivity index (χ1n) is 10.6. The molecule has 1 aliphatic rings. The molecule has 0 aliphatic carbocycles. The molecule has 0 spiro atoms. The summed E-state index contributed by atoms with van der Waals surface area (Å²) in [7, 11) is 0. The van der Waals surface area contributed by atoms with Crippen molar-refractivity contribution in [1.29, 1.82) is 0 Å². The first-order valence-corrected chi connectivity index (χ1v) is 10.6. The molecule has 29 heavy (non-hydrogen) atoms. The van der Waals surface area contributed by atoms with Crippen LogP contribution >= 0.6 is 0 Å². The summed E-state index contributed by atoms with van der Waals surface area (Å²) in [6.07, 6.45) is 3.40. The van der Waals surface area contributed by atoms with E-state index in [1.165, 1.54) is 53.7 Å². The summed E-state index contributed by atoms with van der Waals surface area (Å²) < 4.78 is 0. The number of aryl methyl sites for hydroxylation is 1. The highest BCUT2D eigenvalue weighted by atomic mass is 16.2. The molecule has 5 nitrogen and oxygen atoms in total. The van der Waals surface area contributed by atoms with Crippen LogP contribution in [-0.4, -0.2) is 35.5 Å². The van der Waals surface area contributed by atoms with Crippen LogP contribution in [0.5, 0.6) is 0 Å². The molecule has 5 heteroatoms. The zero-order chi connectivity index (χ0) is 20.1. The molecule has 152 valence electrons. The molecule has 3 aromatic rings. The summed E-state index contributed by atoms with van der Waals surface area (Å²) in [5.74, 6) is 0. The van der Waals surface area contributed by atoms with Gasteiger partial charge in [-0.05, 0) is 62.0 Å². The Morgan fingerprint density at radius 2 is 1.72 bits per heavy atom. The number of carbonyl (C=O) groups excluding carboxylic acids is 1. The van der Waals surface area contributed by atoms with Crippen molar-refractivity contribution in [2.75, 3.05) is 19.6 Å². The van der Waals surface area contributed by atoms with Gasteiger partial charge in [-0.15, -0.1) is 0 Å². The first kappa shape index (κ1) is 19.5. The number of carbonyl (C=O) groups is 1. The molecule has 0 radical (unpaired) electrons. The Balaban J connectivity index is 1.28. The molecule has 2 aromatic carbocycles. The lowest BCUT2D eigenvalue weighted by Crippen LogP contribution is -2.36. The minimum atomic E-state index is -0.113. The van der Waals surface area contributed by atoms with Crippen LogP contribution in [0.3, 0.4) is 0 Å². The van der Waals surface area contributed by atoms with Gasteiger partial charge in [0.05, 0.1) is 0 Å². The van der Waals surface area contributed by atoms with E-state index in [1.54, 1.807) is 0 Å². The molecule has 1 aromatic heterocycles. The number of para-hydroxylation sites is 1. The number of amides is 2. The van der Waals surface area contributed by atoms with Crippen LogP contribution in [0.4, 0.5) is 4.79 Å². The number of aromatic nitrogens is 1. The standard InChI is InChI=1S/C24H30N4O/c1-18-21(22-10-4-5-11-23(22)27-18)12-13-25-24(29)26-16-19-8-2-3-9-20(19)17-28-14-6-7-15-28/h2-5,8-11,27H,6-7,12-17H2,1H3,(H2,25,26,29). The fraction of sp³-hybridized carbons (Fsp3) is 0.375. The third-order valence-corrected chi connectivity index (χ3v) is 5.84. The highest BCUT2D eigenvalue weighted by molar-refractivity contribution is 5.84. The van der Waals surface area contributed by atoms with Crippen molar-refractivity contribution >= 4 is 16.9 Å². The van der Waals surface area contributed by atoms with Gasteiger partial charge in [0.1, 0.15) is 0 Å². The lowest BCUT2D eigenvalue weighted by Gasteiger charge is -2.18. The molecular formula is C24H30N4O. The smallest absolute Gasteiger partial charge is 0.315 e. The van der Waals surface area contributed by atoms with Gasteiger partial charge in [-0.2, -0.15) is 0 Å². The highest BCUT2D eigenvalue weighted by Crippen LogP contribution is 2.22. The third kappa shape index (κ3) is 4.80. The molecule has 1 aliphatic heterocycles. The fourth-order valence-electron chi connectivity index (χ4n) is 4.26. The van der Waals surface area contributed by atoms with Crippen molar-refractivity contribution in [2.45, 2.75) is 39.3 Å². The van der Waals surface area contributed by atoms with Crippen LogP contribution in [0.2, 0.25) is 0 Å². The van der Waals surface area contributed by atoms with Crippen molar-refractivity contribution in [3.05, 3.63) is 70.9 Å². The van der Waals surface area contributed by atoms with Crippen molar-refractivity contribution in [1.82, 2.24) is 20.5 Å². The Bertz CT molecular complexity index is 972. The lowest BCUT2D eigenvalue weighted by atomic mass is 10.1. The summed E-state index contributed by atoms with van der Waals surface area (Å²) in [5.41, 5.74) is 6.10. The van der Waals surface area contributed by atoms with E-state index in [2.05, 4.69) is 63.8 Å². The van der Waals surface area contributed by atoms with Gasteiger partial charge < -0.3 is 15.6 Å². The number of benzene rings is 2. The second-order valence-electron chi connectivity index (χ2n) is 7.89. The second-order valence-corrected chi connectivity index (χ2v) is 7.89. The number of likely N-dealkylation sites (tertiary alicyclic amines) is 1. The van der Waals surface area contributed by atoms with E-state index in [1.807, 2.05) is 12.1 Å². The molecule has 0 atom stereocenters. The third-order valence-electron chi connectivity index (χ3n) is 5.84. The first-order chi connectivity index (χ1) is 14.2. The van der Waals surface area contributed by atoms with Crippen LogP contribution in [0.25, 0.3) is 10.9 Å². The number of aromatic amines is 1. The number of urea groups is 1. The maximum atomic E-state index is 12.3. The zero-order valence-electron chi connectivity index (χ0n) is 17.1. The Morgan fingerprint density at radius 3 is 2.55 bits per heavy atom. The predicted molar refractivity (Wildman–Crippen MR) is 118 cm³/mol. The van der Waals surface area contributed by atoms with Gasteiger partial charge in [0.15, 0.2) is 0 Å². The molecule has 2 amide bonds. The minimum absolute atomic E-state index is 0.113. The minimum Gasteiger partial charge on any atom is -0.358 e. The van der Waals surface area contributed by atoms with E-state index in [4.69, 9.17) is 0 Å². The fourth-order valence-corrected chi connectivity index (χ4v) is 4.26. The van der Waals surface area contributed by atoms with Crippen molar-refractivity contribution in [2.24, 2.45) is 0 Å². The molecule has 1 saturated heterocycles. The number of H-pyrrole nitrogens is 1. The topological polar surface area (TPSA) is 60.2 Å². The second kappa shape index (κ2) is 9.14. The van der Waals surface area contributed by atoms with Gasteiger partial charge in [-0.3, -0.25) is 4.90 Å². The van der Waals surface area contributed by atoms with Gasteiger partial charge in [0, 0.05) is 36.2 Å². The lowest BCUT2D eigenvalue weighted by molar-refractivity contribution is 0.240. The van der Waals surface area contributed by atoms with Crippen LogP contribution in [0, 0.1) is 6.92 Å². The molecule has 3 N–H and O–H groups in total. The van der Waals surface area contributed by atoms with Crippen molar-refractivity contribution in [3.63, 3.8) is 0 Å². The SMILES string of the molecule is Cc1[nH]c2ccccc2c1CCNC(=O)NCc1ccccc1CN1CCCC1. The summed E-state index contributed by atoms with van der Waals surface area (Å²) in [4.78, 5) is 18.2. The number of hydrogen-bond acceptors (Lipinski definition) is 2. The monoisotopic (exact) mass is 390 g/mol. The largest absolute Gasteiger partial charge is 0.358 e. The number of rotatable bonds is 7. The van der Waals surface area contributed by atoms with E-state index in [0.717, 1.165) is 18.5 Å². The normalized spacial score (nSPS) is 14.4. The Kier molecular flexibility index (Phi) is 6.15. The summed E-state index contributed by atoms with van der Waals surface area (Å²) in [5, 5.41) is 7.26. The van der Waals surface area contributed by atoms with Crippen molar-refractivity contribution < 1.29 is 4.79 Å². The van der Waals surface area contributed by atoms with Gasteiger partial charge >= 0.3 is 6.03 Å². The molecule has 1 fully saturated rings. The number of nitrogens with one attached hydrogen (secondary N) is 3. The Morgan fingerprint density at radius 1 is 1.00 bits per heavy atom. The van der Waals surface area contributed by atoms with E-state index < -0.39 is 0 Å². The van der Waals surface area contributed by atoms with Crippen LogP contribution in [0.1, 0.15) is 35.2 Å². The predicted octanol–water partition coefficient (Wildman–Crippen LogP) is 4.11. The molecule has 0 bridgehead atoms. The van der Waals surface area contributed by atoms with Gasteiger partial charge in [-0.25, -0.2) is 4.79 Å². The van der Waals surface area contributed by atoms with Gasteiger partial charge in [0.2, 0.25) is 0 Å². The van der Waals surface area contributed by atoms with Crippen LogP contribution in [0.15, 0.2) is 48.5 Å². The Labute approximate surface area is 172 Å². The number of nitrogens with zero attached hydrogens (tertiary/aromatic N) is 1. The van der Waals surface area contributed by atoms with E-state index in [-0.39, 0.29) is 6.03 Å². The maximum absolute atomic E-state index is 12.3. The molecule has 2 heterocycles. The summed E-state index contributed by atoms with van der Waals surface area (Å²) in [6, 6.07) is 16.6. The molecule has 0 unspecified atom stereocenters. The highest BCUT2D eigenvalue weighted by Gasteiger charge is 2.14. The van der Waals surface area contributed by atoms with E-state index in [0.29, 0.717) is 13.1 Å². The average molecular weight is 391 g/mol. The van der Waals surface area contributed by atoms with Gasteiger partial charge in [-0.1, -0.05) is 42.5 Å². The van der Waals surface area contributed by atoms with Crippen LogP contribution in [-0.2, 0) is 19.5 Å². The zero-order valence-corrected chi connectivity index (χ0v) is 17.1. The molecule has 0 saturated carbocycles. The van der Waals surface area contributed by atoms with Crippen molar-refractivity contribution in [3.8, 4) is 0 Å². The van der Waals surface area contributed by atoms with Crippen LogP contribution < -0.4 is 10.6 Å². The Hall–Kier alpha value is -2.79. The molecular weight excluding hydrogens is 360 g/mol. The van der Waals surface area contributed by atoms with Gasteiger partial charge in [0.25, 0.3) is 0 Å². The summed E-state index contributed by atoms with van der Waals surface area (Å²) in [6.45, 7) is 6.59. The maximum Gasteiger partial charge on any atom is 0.315 e. The summed E-state index contributed by atoms with van der Waals surface area (Å²) >= 11 is 0. The quantitative estimate of drug-likeness (QED) is 0.568. The van der Waals surface area contributed by atoms with E-state index >= 15 is 0 Å². The number of hydrogen-bond donors (Lipinski definition) is 3. The number of fused-ring (bicyclic) bond motifs is 1. The van der Waals surface area contributed by atoms with E-state index in [9.17, 15) is 4.79 Å². The molecule has 4 rings (SSSR count). The average Bonchev–Trinajstić information content (AvgIpc) is 3.35.